The van der Waals surface area contributed by atoms with Crippen molar-refractivity contribution in [3.63, 3.8) is 0 Å². The molecule has 0 fully saturated rings. The van der Waals surface area contributed by atoms with E-state index in [2.05, 4.69) is 31.9 Å². The molecular formula is C10H5Br2NO2. The summed E-state index contributed by atoms with van der Waals surface area (Å²) in [4.78, 5) is 10.3. The predicted octanol–water partition coefficient (Wildman–Crippen LogP) is 3.18. The zero-order valence-electron chi connectivity index (χ0n) is 7.37. The van der Waals surface area contributed by atoms with Crippen LogP contribution < -0.4 is 0 Å². The van der Waals surface area contributed by atoms with Crippen LogP contribution >= 0.6 is 31.9 Å². The van der Waals surface area contributed by atoms with Crippen LogP contribution in [0.25, 0.3) is 6.08 Å². The maximum atomic E-state index is 10.3. The molecule has 0 unspecified atom stereocenters. The second kappa shape index (κ2) is 5.10. The van der Waals surface area contributed by atoms with Crippen molar-refractivity contribution in [2.75, 3.05) is 0 Å². The van der Waals surface area contributed by atoms with Gasteiger partial charge in [-0.1, -0.05) is 15.9 Å². The molecule has 0 saturated heterocycles. The van der Waals surface area contributed by atoms with E-state index in [0.29, 0.717) is 15.6 Å². The van der Waals surface area contributed by atoms with Crippen LogP contribution in [0.2, 0.25) is 0 Å². The van der Waals surface area contributed by atoms with E-state index in [0.717, 1.165) is 10.5 Å². The molecule has 1 aromatic rings. The van der Waals surface area contributed by atoms with E-state index in [1.54, 1.807) is 12.1 Å². The molecule has 0 aliphatic heterocycles. The van der Waals surface area contributed by atoms with Crippen LogP contribution in [0.4, 0.5) is 0 Å². The Morgan fingerprint density at radius 1 is 1.47 bits per heavy atom. The van der Waals surface area contributed by atoms with E-state index < -0.39 is 5.97 Å². The summed E-state index contributed by atoms with van der Waals surface area (Å²) in [6.07, 6.45) is 2.45. The van der Waals surface area contributed by atoms with Crippen LogP contribution in [0.5, 0.6) is 0 Å². The van der Waals surface area contributed by atoms with Crippen molar-refractivity contribution in [1.82, 2.24) is 0 Å². The van der Waals surface area contributed by atoms with Crippen molar-refractivity contribution in [3.05, 3.63) is 38.3 Å². The number of carboxylic acid groups (broad SMARTS) is 1. The van der Waals surface area contributed by atoms with Gasteiger partial charge in [-0.2, -0.15) is 5.26 Å². The van der Waals surface area contributed by atoms with E-state index in [9.17, 15) is 4.79 Å². The molecular weight excluding hydrogens is 326 g/mol. The first kappa shape index (κ1) is 12.0. The monoisotopic (exact) mass is 329 g/mol. The third kappa shape index (κ3) is 3.18. The Morgan fingerprint density at radius 2 is 2.13 bits per heavy atom. The van der Waals surface area contributed by atoms with Crippen LogP contribution in [-0.4, -0.2) is 11.1 Å². The number of rotatable bonds is 2. The van der Waals surface area contributed by atoms with Gasteiger partial charge in [0.15, 0.2) is 0 Å². The molecule has 15 heavy (non-hydrogen) atoms. The van der Waals surface area contributed by atoms with Gasteiger partial charge in [0.25, 0.3) is 0 Å². The molecule has 1 rings (SSSR count). The van der Waals surface area contributed by atoms with Gasteiger partial charge in [-0.3, -0.25) is 0 Å². The Balaban J connectivity index is 3.25. The number of benzene rings is 1. The second-order valence-corrected chi connectivity index (χ2v) is 4.35. The molecule has 0 saturated carbocycles. The van der Waals surface area contributed by atoms with Crippen LogP contribution in [0.15, 0.2) is 27.2 Å². The average molecular weight is 331 g/mol. The van der Waals surface area contributed by atoms with Crippen molar-refractivity contribution in [1.29, 1.82) is 5.26 Å². The first-order chi connectivity index (χ1) is 7.04. The number of hydrogen-bond donors (Lipinski definition) is 1. The highest BCUT2D eigenvalue weighted by atomic mass is 79.9. The standard InChI is InChI=1S/C10H5Br2NO2/c11-8-3-6(1-2-9(14)15)10(12)7(4-8)5-13/h1-4H,(H,14,15)/b2-1+. The average Bonchev–Trinajstić information content (AvgIpc) is 2.18. The maximum Gasteiger partial charge on any atom is 0.328 e. The normalized spacial score (nSPS) is 10.2. The van der Waals surface area contributed by atoms with Crippen molar-refractivity contribution in [3.8, 4) is 6.07 Å². The van der Waals surface area contributed by atoms with Gasteiger partial charge in [0.1, 0.15) is 6.07 Å². The Kier molecular flexibility index (Phi) is 4.06. The number of nitriles is 1. The number of nitrogens with zero attached hydrogens (tertiary/aromatic N) is 1. The minimum Gasteiger partial charge on any atom is -0.478 e. The fraction of sp³-hybridized carbons (Fsp3) is 0. The van der Waals surface area contributed by atoms with E-state index in [1.165, 1.54) is 6.08 Å². The van der Waals surface area contributed by atoms with Crippen LogP contribution in [-0.2, 0) is 4.79 Å². The van der Waals surface area contributed by atoms with E-state index in [1.807, 2.05) is 6.07 Å². The molecule has 0 aliphatic rings. The molecule has 0 amide bonds. The van der Waals surface area contributed by atoms with Crippen molar-refractivity contribution in [2.45, 2.75) is 0 Å². The summed E-state index contributed by atoms with van der Waals surface area (Å²) in [5, 5.41) is 17.3. The number of carbonyl (C=O) groups is 1. The molecule has 0 heterocycles. The largest absolute Gasteiger partial charge is 0.478 e. The highest BCUT2D eigenvalue weighted by Gasteiger charge is 2.05. The highest BCUT2D eigenvalue weighted by Crippen LogP contribution is 2.27. The van der Waals surface area contributed by atoms with Crippen molar-refractivity contribution < 1.29 is 9.90 Å². The van der Waals surface area contributed by atoms with Gasteiger partial charge < -0.3 is 5.11 Å². The molecule has 0 spiro atoms. The fourth-order valence-electron chi connectivity index (χ4n) is 0.974. The lowest BCUT2D eigenvalue weighted by Gasteiger charge is -2.01. The summed E-state index contributed by atoms with van der Waals surface area (Å²) in [6.45, 7) is 0. The summed E-state index contributed by atoms with van der Waals surface area (Å²) >= 11 is 6.48. The summed E-state index contributed by atoms with van der Waals surface area (Å²) in [5.74, 6) is -1.03. The molecule has 1 N–H and O–H groups in total. The van der Waals surface area contributed by atoms with Gasteiger partial charge in [0.2, 0.25) is 0 Å². The minimum absolute atomic E-state index is 0.453. The zero-order valence-corrected chi connectivity index (χ0v) is 10.5. The number of aliphatic carboxylic acids is 1. The summed E-state index contributed by atoms with van der Waals surface area (Å²) < 4.78 is 1.32. The van der Waals surface area contributed by atoms with Gasteiger partial charge in [-0.25, -0.2) is 4.79 Å². The second-order valence-electron chi connectivity index (χ2n) is 2.64. The topological polar surface area (TPSA) is 61.1 Å². The summed E-state index contributed by atoms with van der Waals surface area (Å²) in [6, 6.07) is 5.39. The Hall–Kier alpha value is -1.12. The number of carboxylic acids is 1. The van der Waals surface area contributed by atoms with E-state index in [4.69, 9.17) is 10.4 Å². The molecule has 76 valence electrons. The van der Waals surface area contributed by atoms with Crippen molar-refractivity contribution >= 4 is 43.9 Å². The molecule has 0 aromatic heterocycles. The SMILES string of the molecule is N#Cc1cc(Br)cc(/C=C/C(=O)O)c1Br. The minimum atomic E-state index is -1.03. The lowest BCUT2D eigenvalue weighted by Crippen LogP contribution is -1.88. The fourth-order valence-corrected chi connectivity index (χ4v) is 1.90. The Morgan fingerprint density at radius 3 is 2.67 bits per heavy atom. The van der Waals surface area contributed by atoms with E-state index in [-0.39, 0.29) is 0 Å². The van der Waals surface area contributed by atoms with Gasteiger partial charge in [-0.15, -0.1) is 0 Å². The first-order valence-corrected chi connectivity index (χ1v) is 5.43. The molecule has 1 aromatic carbocycles. The quantitative estimate of drug-likeness (QED) is 0.847. The summed E-state index contributed by atoms with van der Waals surface area (Å²) in [5.41, 5.74) is 1.10. The molecule has 3 nitrogen and oxygen atoms in total. The van der Waals surface area contributed by atoms with Gasteiger partial charge in [-0.05, 0) is 39.7 Å². The molecule has 0 radical (unpaired) electrons. The maximum absolute atomic E-state index is 10.3. The lowest BCUT2D eigenvalue weighted by molar-refractivity contribution is -0.131. The van der Waals surface area contributed by atoms with Gasteiger partial charge >= 0.3 is 5.97 Å². The molecule has 0 aliphatic carbocycles. The smallest absolute Gasteiger partial charge is 0.328 e. The molecule has 5 heteroatoms. The third-order valence-corrected chi connectivity index (χ3v) is 2.93. The van der Waals surface area contributed by atoms with Crippen LogP contribution in [0.3, 0.4) is 0 Å². The molecule has 0 atom stereocenters. The zero-order chi connectivity index (χ0) is 11.4. The van der Waals surface area contributed by atoms with Crippen LogP contribution in [0.1, 0.15) is 11.1 Å². The summed E-state index contributed by atoms with van der Waals surface area (Å²) in [7, 11) is 0. The highest BCUT2D eigenvalue weighted by molar-refractivity contribution is 9.11. The number of hydrogen-bond acceptors (Lipinski definition) is 2. The van der Waals surface area contributed by atoms with Crippen LogP contribution in [0, 0.1) is 11.3 Å². The van der Waals surface area contributed by atoms with E-state index >= 15 is 0 Å². The number of halogens is 2. The Bertz CT molecular complexity index is 475. The van der Waals surface area contributed by atoms with Crippen molar-refractivity contribution in [2.24, 2.45) is 0 Å². The predicted molar refractivity (Wildman–Crippen MR) is 63.2 cm³/mol. The lowest BCUT2D eigenvalue weighted by atomic mass is 10.1. The first-order valence-electron chi connectivity index (χ1n) is 3.84. The molecule has 0 bridgehead atoms. The van der Waals surface area contributed by atoms with Gasteiger partial charge in [0, 0.05) is 15.0 Å². The third-order valence-electron chi connectivity index (χ3n) is 1.59. The Labute approximate surface area is 103 Å². The van der Waals surface area contributed by atoms with Gasteiger partial charge in [0.05, 0.1) is 5.56 Å².